The SMILES string of the molecule is C1CCC(CP(C23CC4CC(CC(C4)C2)C3)C23CC4CC(CC(C4)C2)C3)C(CP(C23CC4CC(CC(C4)C2)C3)C23CC4CC(CC(C4)C2)C3)C1. The van der Waals surface area contributed by atoms with Crippen LogP contribution in [0.1, 0.15) is 180 Å². The summed E-state index contributed by atoms with van der Waals surface area (Å²) in [5.41, 5.74) is 0. The maximum Gasteiger partial charge on any atom is -0.00814 e. The molecular formula is C48H74P2. The Morgan fingerprint density at radius 1 is 0.280 bits per heavy atom. The van der Waals surface area contributed by atoms with Crippen LogP contribution in [-0.4, -0.2) is 32.9 Å². The van der Waals surface area contributed by atoms with Gasteiger partial charge in [0.25, 0.3) is 0 Å². The van der Waals surface area contributed by atoms with Gasteiger partial charge in [-0.25, -0.2) is 0 Å². The minimum absolute atomic E-state index is 0.170. The molecule has 2 heteroatoms. The molecule has 2 unspecified atom stereocenters. The van der Waals surface area contributed by atoms with E-state index in [2.05, 4.69) is 0 Å². The van der Waals surface area contributed by atoms with Gasteiger partial charge in [0.2, 0.25) is 0 Å². The molecule has 0 nitrogen and oxygen atoms in total. The monoisotopic (exact) mass is 713 g/mol. The third-order valence-corrected chi connectivity index (χ3v) is 29.7. The van der Waals surface area contributed by atoms with Crippen molar-refractivity contribution in [2.24, 2.45) is 82.9 Å². The van der Waals surface area contributed by atoms with Crippen molar-refractivity contribution in [3.05, 3.63) is 0 Å². The van der Waals surface area contributed by atoms with Crippen LogP contribution in [0.2, 0.25) is 0 Å². The van der Waals surface area contributed by atoms with Gasteiger partial charge in [-0.3, -0.25) is 0 Å². The molecule has 17 saturated carbocycles. The van der Waals surface area contributed by atoms with Crippen molar-refractivity contribution in [3.8, 4) is 0 Å². The van der Waals surface area contributed by atoms with Crippen molar-refractivity contribution in [2.45, 2.75) is 200 Å². The Morgan fingerprint density at radius 2 is 0.460 bits per heavy atom. The van der Waals surface area contributed by atoms with E-state index in [1.165, 1.54) is 0 Å². The molecular weight excluding hydrogens is 638 g/mol. The van der Waals surface area contributed by atoms with E-state index < -0.39 is 0 Å². The van der Waals surface area contributed by atoms with E-state index in [4.69, 9.17) is 0 Å². The van der Waals surface area contributed by atoms with Gasteiger partial charge in [0.15, 0.2) is 0 Å². The maximum absolute atomic E-state index is 1.81. The minimum Gasteiger partial charge on any atom is -0.0936 e. The normalized spacial score (nSPS) is 61.7. The van der Waals surface area contributed by atoms with Crippen molar-refractivity contribution in [1.29, 1.82) is 0 Å². The molecule has 0 radical (unpaired) electrons. The molecule has 0 aliphatic heterocycles. The minimum atomic E-state index is 0.170. The van der Waals surface area contributed by atoms with Crippen molar-refractivity contribution < 1.29 is 0 Å². The Hall–Kier alpha value is 0.860. The Kier molecular flexibility index (Phi) is 7.20. The van der Waals surface area contributed by atoms with Gasteiger partial charge >= 0.3 is 0 Å². The molecule has 0 amide bonds. The molecule has 50 heavy (non-hydrogen) atoms. The van der Waals surface area contributed by atoms with Crippen LogP contribution < -0.4 is 0 Å². The smallest absolute Gasteiger partial charge is 0.00814 e. The van der Waals surface area contributed by atoms with E-state index >= 15 is 0 Å². The van der Waals surface area contributed by atoms with Gasteiger partial charge in [-0.05, 0) is 283 Å². The molecule has 0 aromatic rings. The average Bonchev–Trinajstić information content (AvgIpc) is 3.04. The summed E-state index contributed by atoms with van der Waals surface area (Å²) in [6.45, 7) is 0. The lowest BCUT2D eigenvalue weighted by Gasteiger charge is -2.69. The number of rotatable bonds is 8. The molecule has 0 heterocycles. The quantitative estimate of drug-likeness (QED) is 0.220. The molecule has 17 rings (SSSR count). The molecule has 0 N–H and O–H groups in total. The molecule has 0 aromatic carbocycles. The van der Waals surface area contributed by atoms with E-state index in [0.29, 0.717) is 0 Å². The second-order valence-corrected chi connectivity index (χ2v) is 30.8. The summed E-state index contributed by atoms with van der Waals surface area (Å²) in [5.74, 6) is 16.1. The van der Waals surface area contributed by atoms with Gasteiger partial charge in [0.1, 0.15) is 0 Å². The van der Waals surface area contributed by atoms with Crippen LogP contribution in [0.15, 0.2) is 0 Å². The van der Waals surface area contributed by atoms with E-state index in [0.717, 1.165) is 103 Å². The fourth-order valence-corrected chi connectivity index (χ4v) is 32.8. The van der Waals surface area contributed by atoms with E-state index in [1.807, 2.05) is 12.3 Å². The highest BCUT2D eigenvalue weighted by atomic mass is 31.1. The van der Waals surface area contributed by atoms with Crippen LogP contribution in [0.3, 0.4) is 0 Å². The highest BCUT2D eigenvalue weighted by Crippen LogP contribution is 2.82. The summed E-state index contributed by atoms with van der Waals surface area (Å²) >= 11 is 0. The summed E-state index contributed by atoms with van der Waals surface area (Å²) in [6, 6.07) is 0. The predicted molar refractivity (Wildman–Crippen MR) is 213 cm³/mol. The van der Waals surface area contributed by atoms with E-state index in [-0.39, 0.29) is 15.8 Å². The molecule has 2 atom stereocenters. The van der Waals surface area contributed by atoms with Crippen molar-refractivity contribution in [1.82, 2.24) is 0 Å². The van der Waals surface area contributed by atoms with Crippen molar-refractivity contribution in [3.63, 3.8) is 0 Å². The first-order valence-electron chi connectivity index (χ1n) is 23.9. The predicted octanol–water partition coefficient (Wildman–Crippen LogP) is 13.6. The average molecular weight is 713 g/mol. The van der Waals surface area contributed by atoms with Gasteiger partial charge in [-0.1, -0.05) is 28.7 Å². The van der Waals surface area contributed by atoms with Crippen LogP contribution in [0.5, 0.6) is 0 Å². The zero-order chi connectivity index (χ0) is 32.5. The van der Waals surface area contributed by atoms with Gasteiger partial charge in [0.05, 0.1) is 0 Å². The van der Waals surface area contributed by atoms with Crippen LogP contribution in [-0.2, 0) is 0 Å². The zero-order valence-corrected chi connectivity index (χ0v) is 34.0. The maximum atomic E-state index is 1.81. The van der Waals surface area contributed by atoms with E-state index in [1.54, 1.807) is 180 Å². The number of hydrogen-bond donors (Lipinski definition) is 0. The van der Waals surface area contributed by atoms with Gasteiger partial charge in [0, 0.05) is 0 Å². The largest absolute Gasteiger partial charge is 0.0936 e. The summed E-state index contributed by atoms with van der Waals surface area (Å²) in [7, 11) is 0.340. The lowest BCUT2D eigenvalue weighted by molar-refractivity contribution is 0.0171. The van der Waals surface area contributed by atoms with Crippen LogP contribution >= 0.6 is 15.8 Å². The van der Waals surface area contributed by atoms with Crippen molar-refractivity contribution in [2.75, 3.05) is 12.3 Å². The fourth-order valence-electron chi connectivity index (χ4n) is 21.6. The molecule has 276 valence electrons. The third kappa shape index (κ3) is 4.85. The third-order valence-electron chi connectivity index (χ3n) is 21.2. The van der Waals surface area contributed by atoms with Crippen LogP contribution in [0.4, 0.5) is 0 Å². The number of hydrogen-bond acceptors (Lipinski definition) is 0. The fraction of sp³-hybridized carbons (Fsp3) is 1.00. The molecule has 0 spiro atoms. The standard InChI is InChI=1S/C48H74P2/c1-2-4-44(30-50(47-23-37-11-38(24-47)13-39(12-37)25-47)48-26-40-14-41(27-48)16-42(15-40)28-48)43(3-1)29-49(45-17-31-5-32(18-45)7-33(6-31)19-45)46-20-34-8-35(21-46)10-36(9-34)22-46/h31-44H,1-30H2. The summed E-state index contributed by atoms with van der Waals surface area (Å²) in [4.78, 5) is 0. The summed E-state index contributed by atoms with van der Waals surface area (Å²) in [5, 5.41) is 3.40. The van der Waals surface area contributed by atoms with E-state index in [9.17, 15) is 0 Å². The van der Waals surface area contributed by atoms with Crippen LogP contribution in [0, 0.1) is 82.9 Å². The molecule has 17 aliphatic carbocycles. The first-order valence-corrected chi connectivity index (χ1v) is 27.0. The second-order valence-electron chi connectivity index (χ2n) is 24.6. The van der Waals surface area contributed by atoms with Gasteiger partial charge in [-0.2, -0.15) is 0 Å². The molecule has 0 saturated heterocycles. The Morgan fingerprint density at radius 3 is 0.640 bits per heavy atom. The van der Waals surface area contributed by atoms with Crippen LogP contribution in [0.25, 0.3) is 0 Å². The highest BCUT2D eigenvalue weighted by molar-refractivity contribution is 7.61. The lowest BCUT2D eigenvalue weighted by atomic mass is 9.55. The molecule has 0 aromatic heterocycles. The van der Waals surface area contributed by atoms with Gasteiger partial charge in [-0.15, -0.1) is 0 Å². The Labute approximate surface area is 310 Å². The van der Waals surface area contributed by atoms with Crippen molar-refractivity contribution >= 4 is 15.8 Å². The highest BCUT2D eigenvalue weighted by Gasteiger charge is 2.65. The Bertz CT molecular complexity index is 1030. The molecule has 17 aliphatic rings. The first-order chi connectivity index (χ1) is 24.4. The molecule has 16 bridgehead atoms. The molecule has 17 fully saturated rings. The summed E-state index contributed by atoms with van der Waals surface area (Å²) in [6.07, 6.45) is 50.9. The topological polar surface area (TPSA) is 0 Å². The zero-order valence-electron chi connectivity index (χ0n) is 32.2. The van der Waals surface area contributed by atoms with Gasteiger partial charge < -0.3 is 0 Å². The Balaban J connectivity index is 0.868. The second kappa shape index (κ2) is 11.3. The summed E-state index contributed by atoms with van der Waals surface area (Å²) < 4.78 is 0. The first kappa shape index (κ1) is 32.0. The lowest BCUT2D eigenvalue weighted by Crippen LogP contribution is -2.58.